The average molecular weight is 195 g/mol. The van der Waals surface area contributed by atoms with E-state index in [0.29, 0.717) is 12.5 Å². The molecule has 1 aliphatic carbocycles. The number of methoxy groups -OCH3 is 1. The lowest BCUT2D eigenvalue weighted by Crippen LogP contribution is -2.06. The molecule has 0 radical (unpaired) electrons. The van der Waals surface area contributed by atoms with Gasteiger partial charge in [-0.15, -0.1) is 0 Å². The van der Waals surface area contributed by atoms with E-state index in [4.69, 9.17) is 14.9 Å². The van der Waals surface area contributed by atoms with Crippen molar-refractivity contribution in [2.75, 3.05) is 7.11 Å². The molecule has 2 atom stereocenters. The number of rotatable bonds is 3. The summed E-state index contributed by atoms with van der Waals surface area (Å²) in [6.07, 6.45) is 1.71. The van der Waals surface area contributed by atoms with Crippen LogP contribution in [0.25, 0.3) is 0 Å². The zero-order valence-corrected chi connectivity index (χ0v) is 8.91. The van der Waals surface area contributed by atoms with Crippen molar-refractivity contribution in [1.29, 1.82) is 0 Å². The lowest BCUT2D eigenvalue weighted by atomic mass is 10.1. The van der Waals surface area contributed by atoms with E-state index < -0.39 is 0 Å². The third-order valence-electron chi connectivity index (χ3n) is 3.27. The summed E-state index contributed by atoms with van der Waals surface area (Å²) < 4.78 is 10.6. The Morgan fingerprint density at radius 3 is 2.71 bits per heavy atom. The van der Waals surface area contributed by atoms with Crippen molar-refractivity contribution in [1.82, 2.24) is 0 Å². The maximum Gasteiger partial charge on any atom is 0.114 e. The Morgan fingerprint density at radius 2 is 2.21 bits per heavy atom. The summed E-state index contributed by atoms with van der Waals surface area (Å²) in [5.74, 6) is 1.35. The van der Waals surface area contributed by atoms with Crippen LogP contribution in [-0.4, -0.2) is 13.2 Å². The molecule has 1 aromatic rings. The quantitative estimate of drug-likeness (QED) is 0.801. The molecule has 1 fully saturated rings. The number of hydrogen-bond donors (Lipinski definition) is 1. The largest absolute Gasteiger partial charge is 0.469 e. The molecule has 2 rings (SSSR count). The van der Waals surface area contributed by atoms with Crippen LogP contribution < -0.4 is 5.73 Å². The molecule has 3 heteroatoms. The molecule has 0 aromatic carbocycles. The van der Waals surface area contributed by atoms with Crippen molar-refractivity contribution in [3.63, 3.8) is 0 Å². The van der Waals surface area contributed by atoms with Gasteiger partial charge >= 0.3 is 0 Å². The summed E-state index contributed by atoms with van der Waals surface area (Å²) >= 11 is 0. The first kappa shape index (κ1) is 9.74. The van der Waals surface area contributed by atoms with Crippen LogP contribution in [0.3, 0.4) is 0 Å². The van der Waals surface area contributed by atoms with Crippen LogP contribution in [0, 0.1) is 5.41 Å². The number of ether oxygens (including phenoxy) is 1. The monoisotopic (exact) mass is 195 g/mol. The Hall–Kier alpha value is -0.800. The van der Waals surface area contributed by atoms with Crippen LogP contribution in [0.15, 0.2) is 16.7 Å². The highest BCUT2D eigenvalue weighted by Gasteiger charge is 2.58. The molecule has 0 spiro atoms. The van der Waals surface area contributed by atoms with E-state index in [1.54, 1.807) is 13.4 Å². The van der Waals surface area contributed by atoms with Gasteiger partial charge in [0.05, 0.1) is 12.9 Å². The van der Waals surface area contributed by atoms with Gasteiger partial charge in [-0.2, -0.15) is 0 Å². The van der Waals surface area contributed by atoms with Crippen LogP contribution in [0.1, 0.15) is 31.1 Å². The van der Waals surface area contributed by atoms with Crippen molar-refractivity contribution in [3.8, 4) is 0 Å². The summed E-state index contributed by atoms with van der Waals surface area (Å²) in [6, 6.07) is 2.17. The fourth-order valence-corrected chi connectivity index (χ4v) is 2.07. The van der Waals surface area contributed by atoms with Gasteiger partial charge in [0.1, 0.15) is 5.76 Å². The van der Waals surface area contributed by atoms with Crippen molar-refractivity contribution in [2.45, 2.75) is 32.4 Å². The number of hydrogen-bond acceptors (Lipinski definition) is 3. The molecule has 1 aliphatic rings. The Morgan fingerprint density at radius 1 is 1.57 bits per heavy atom. The van der Waals surface area contributed by atoms with Gasteiger partial charge in [0.2, 0.25) is 0 Å². The van der Waals surface area contributed by atoms with Crippen molar-refractivity contribution >= 4 is 0 Å². The molecule has 1 saturated carbocycles. The second-order valence-electron chi connectivity index (χ2n) is 4.57. The first-order valence-corrected chi connectivity index (χ1v) is 4.90. The molecular formula is C11H17NO2. The van der Waals surface area contributed by atoms with E-state index in [9.17, 15) is 0 Å². The standard InChI is InChI=1S/C11H17NO2/c1-11(2)8(10(11)12)9-7(6-13-3)4-5-14-9/h4-5,8,10H,6,12H2,1-3H3/t8-,10-/m0/s1. The highest BCUT2D eigenvalue weighted by molar-refractivity contribution is 5.33. The van der Waals surface area contributed by atoms with Crippen molar-refractivity contribution in [2.24, 2.45) is 11.1 Å². The summed E-state index contributed by atoms with van der Waals surface area (Å²) in [5, 5.41) is 0. The molecule has 1 heterocycles. The predicted molar refractivity (Wildman–Crippen MR) is 53.9 cm³/mol. The fourth-order valence-electron chi connectivity index (χ4n) is 2.07. The normalized spacial score (nSPS) is 29.1. The van der Waals surface area contributed by atoms with E-state index in [1.165, 1.54) is 0 Å². The average Bonchev–Trinajstić information content (AvgIpc) is 2.52. The molecule has 3 nitrogen and oxygen atoms in total. The first-order valence-electron chi connectivity index (χ1n) is 4.90. The molecule has 0 saturated heterocycles. The molecule has 0 unspecified atom stereocenters. The van der Waals surface area contributed by atoms with Crippen molar-refractivity contribution in [3.05, 3.63) is 23.7 Å². The van der Waals surface area contributed by atoms with Crippen LogP contribution in [0.5, 0.6) is 0 Å². The summed E-state index contributed by atoms with van der Waals surface area (Å²) in [4.78, 5) is 0. The highest BCUT2D eigenvalue weighted by Crippen LogP contribution is 2.58. The van der Waals surface area contributed by atoms with E-state index in [-0.39, 0.29) is 11.5 Å². The van der Waals surface area contributed by atoms with Gasteiger partial charge in [-0.1, -0.05) is 13.8 Å². The second-order valence-corrected chi connectivity index (χ2v) is 4.57. The molecule has 14 heavy (non-hydrogen) atoms. The van der Waals surface area contributed by atoms with Gasteiger partial charge in [-0.25, -0.2) is 0 Å². The smallest absolute Gasteiger partial charge is 0.114 e. The SMILES string of the molecule is COCc1ccoc1[C@H]1[C@H](N)C1(C)C. The maximum absolute atomic E-state index is 6.00. The van der Waals surface area contributed by atoms with Crippen molar-refractivity contribution < 1.29 is 9.15 Å². The summed E-state index contributed by atoms with van der Waals surface area (Å²) in [5.41, 5.74) is 7.29. The molecule has 1 aromatic heterocycles. The minimum atomic E-state index is 0.167. The molecule has 0 bridgehead atoms. The first-order chi connectivity index (χ1) is 6.59. The molecular weight excluding hydrogens is 178 g/mol. The van der Waals surface area contributed by atoms with Crippen LogP contribution >= 0.6 is 0 Å². The fraction of sp³-hybridized carbons (Fsp3) is 0.636. The van der Waals surface area contributed by atoms with E-state index in [2.05, 4.69) is 13.8 Å². The van der Waals surface area contributed by atoms with E-state index in [0.717, 1.165) is 11.3 Å². The van der Waals surface area contributed by atoms with E-state index >= 15 is 0 Å². The Balaban J connectivity index is 2.22. The maximum atomic E-state index is 6.00. The van der Waals surface area contributed by atoms with Gasteiger partial charge in [-0.05, 0) is 11.5 Å². The third-order valence-corrected chi connectivity index (χ3v) is 3.27. The Bertz CT molecular complexity index is 330. The predicted octanol–water partition coefficient (Wildman–Crippen LogP) is 1.88. The number of furan rings is 1. The molecule has 0 aliphatic heterocycles. The molecule has 78 valence electrons. The summed E-state index contributed by atoms with van der Waals surface area (Å²) in [7, 11) is 1.69. The molecule has 2 N–H and O–H groups in total. The molecule has 0 amide bonds. The Kier molecular flexibility index (Phi) is 2.16. The number of nitrogens with two attached hydrogens (primary N) is 1. The second kappa shape index (κ2) is 3.11. The lowest BCUT2D eigenvalue weighted by molar-refractivity contribution is 0.182. The van der Waals surface area contributed by atoms with E-state index in [1.807, 2.05) is 6.07 Å². The lowest BCUT2D eigenvalue weighted by Gasteiger charge is -2.02. The van der Waals surface area contributed by atoms with Crippen LogP contribution in [-0.2, 0) is 11.3 Å². The minimum absolute atomic E-state index is 0.167. The minimum Gasteiger partial charge on any atom is -0.469 e. The highest BCUT2D eigenvalue weighted by atomic mass is 16.5. The van der Waals surface area contributed by atoms with Gasteiger partial charge in [0.25, 0.3) is 0 Å². The zero-order chi connectivity index (χ0) is 10.3. The van der Waals surface area contributed by atoms with Gasteiger partial charge in [-0.3, -0.25) is 0 Å². The third kappa shape index (κ3) is 1.28. The Labute approximate surface area is 84.2 Å². The van der Waals surface area contributed by atoms with Gasteiger partial charge < -0.3 is 14.9 Å². The topological polar surface area (TPSA) is 48.4 Å². The van der Waals surface area contributed by atoms with Crippen LogP contribution in [0.4, 0.5) is 0 Å². The van der Waals surface area contributed by atoms with Gasteiger partial charge in [0, 0.05) is 24.6 Å². The summed E-state index contributed by atoms with van der Waals surface area (Å²) in [6.45, 7) is 4.94. The zero-order valence-electron chi connectivity index (χ0n) is 8.91. The van der Waals surface area contributed by atoms with Gasteiger partial charge in [0.15, 0.2) is 0 Å². The van der Waals surface area contributed by atoms with Crippen LogP contribution in [0.2, 0.25) is 0 Å².